The topological polar surface area (TPSA) is 24.9 Å². The minimum atomic E-state index is 0.113. The van der Waals surface area contributed by atoms with Crippen LogP contribution >= 0.6 is 11.6 Å². The van der Waals surface area contributed by atoms with Crippen LogP contribution in [0.3, 0.4) is 0 Å². The molecular weight excluding hydrogens is 340 g/mol. The Bertz CT molecular complexity index is 953. The van der Waals surface area contributed by atoms with E-state index < -0.39 is 0 Å². The fraction of sp³-hybridized carbons (Fsp3) is 0.348. The second-order valence-electron chi connectivity index (χ2n) is 8.23. The highest BCUT2D eigenvalue weighted by Crippen LogP contribution is 2.37. The quantitative estimate of drug-likeness (QED) is 0.540. The molecule has 0 atom stereocenters. The maximum Gasteiger partial charge on any atom is 0.0726 e. The Hall–Kier alpha value is -2.06. The van der Waals surface area contributed by atoms with Crippen LogP contribution in [0.5, 0.6) is 0 Å². The van der Waals surface area contributed by atoms with Crippen LogP contribution < -0.4 is 5.32 Å². The largest absolute Gasteiger partial charge is 0.355 e. The Morgan fingerprint density at radius 3 is 2.42 bits per heavy atom. The van der Waals surface area contributed by atoms with Crippen molar-refractivity contribution in [3.05, 3.63) is 64.3 Å². The highest BCUT2D eigenvalue weighted by molar-refractivity contribution is 6.30. The summed E-state index contributed by atoms with van der Waals surface area (Å²) in [5.41, 5.74) is 7.45. The highest BCUT2D eigenvalue weighted by Gasteiger charge is 2.21. The summed E-state index contributed by atoms with van der Waals surface area (Å²) in [6, 6.07) is 14.7. The minimum Gasteiger partial charge on any atom is -0.355 e. The van der Waals surface area contributed by atoms with Gasteiger partial charge in [-0.3, -0.25) is 4.98 Å². The number of nitrogens with one attached hydrogen (secondary N) is 1. The second kappa shape index (κ2) is 6.59. The number of aryl methyl sites for hydroxylation is 1. The van der Waals surface area contributed by atoms with Gasteiger partial charge >= 0.3 is 0 Å². The molecule has 1 N–H and O–H groups in total. The summed E-state index contributed by atoms with van der Waals surface area (Å²) >= 11 is 6.06. The lowest BCUT2D eigenvalue weighted by atomic mass is 9.85. The Kier molecular flexibility index (Phi) is 4.40. The molecule has 0 unspecified atom stereocenters. The van der Waals surface area contributed by atoms with Crippen molar-refractivity contribution in [3.8, 4) is 0 Å². The van der Waals surface area contributed by atoms with Crippen LogP contribution in [0.2, 0.25) is 5.02 Å². The molecule has 0 spiro atoms. The van der Waals surface area contributed by atoms with Crippen molar-refractivity contribution in [2.24, 2.45) is 0 Å². The van der Waals surface area contributed by atoms with Crippen LogP contribution in [-0.2, 0) is 18.3 Å². The molecule has 0 fully saturated rings. The van der Waals surface area contributed by atoms with E-state index in [-0.39, 0.29) is 5.41 Å². The van der Waals surface area contributed by atoms with Gasteiger partial charge in [0.2, 0.25) is 0 Å². The Balaban J connectivity index is 1.92. The van der Waals surface area contributed by atoms with E-state index >= 15 is 0 Å². The van der Waals surface area contributed by atoms with Crippen LogP contribution in [0.15, 0.2) is 42.5 Å². The SMILES string of the molecule is CC(C)(C)c1ccc2nc3c(c(Nc4ccc(Cl)cc4)c2c1)CCCC3. The third kappa shape index (κ3) is 3.31. The predicted molar refractivity (Wildman–Crippen MR) is 112 cm³/mol. The molecule has 0 aliphatic heterocycles. The molecule has 4 rings (SSSR count). The number of benzene rings is 2. The standard InChI is InChI=1S/C23H25ClN2/c1-23(2,3)15-8-13-21-19(14-15)22(18-6-4-5-7-20(18)26-21)25-17-11-9-16(24)10-12-17/h8-14H,4-7H2,1-3H3,(H,25,26). The van der Waals surface area contributed by atoms with Gasteiger partial charge in [-0.25, -0.2) is 0 Å². The van der Waals surface area contributed by atoms with Crippen LogP contribution in [0.1, 0.15) is 50.4 Å². The molecule has 2 aromatic carbocycles. The first-order valence-corrected chi connectivity index (χ1v) is 9.78. The van der Waals surface area contributed by atoms with E-state index in [1.165, 1.54) is 40.7 Å². The summed E-state index contributed by atoms with van der Waals surface area (Å²) in [6.45, 7) is 6.77. The lowest BCUT2D eigenvalue weighted by Crippen LogP contribution is -2.13. The van der Waals surface area contributed by atoms with Gasteiger partial charge in [-0.05, 0) is 78.6 Å². The molecule has 3 heteroatoms. The molecule has 0 bridgehead atoms. The van der Waals surface area contributed by atoms with Crippen LogP contribution in [0.25, 0.3) is 10.9 Å². The fourth-order valence-electron chi connectivity index (χ4n) is 3.71. The monoisotopic (exact) mass is 364 g/mol. The molecule has 1 aromatic heterocycles. The van der Waals surface area contributed by atoms with Crippen molar-refractivity contribution in [2.75, 3.05) is 5.32 Å². The molecule has 0 saturated carbocycles. The molecule has 3 aromatic rings. The number of rotatable bonds is 2. The van der Waals surface area contributed by atoms with E-state index in [0.717, 1.165) is 29.1 Å². The first-order chi connectivity index (χ1) is 12.4. The van der Waals surface area contributed by atoms with Crippen LogP contribution in [0.4, 0.5) is 11.4 Å². The molecule has 0 saturated heterocycles. The van der Waals surface area contributed by atoms with E-state index in [1.54, 1.807) is 0 Å². The average Bonchev–Trinajstić information content (AvgIpc) is 2.62. The Morgan fingerprint density at radius 1 is 0.962 bits per heavy atom. The summed E-state index contributed by atoms with van der Waals surface area (Å²) in [6.07, 6.45) is 4.62. The number of aromatic nitrogens is 1. The Morgan fingerprint density at radius 2 is 1.69 bits per heavy atom. The van der Waals surface area contributed by atoms with Crippen molar-refractivity contribution in [3.63, 3.8) is 0 Å². The zero-order valence-corrected chi connectivity index (χ0v) is 16.5. The van der Waals surface area contributed by atoms with Crippen molar-refractivity contribution >= 4 is 33.9 Å². The maximum atomic E-state index is 6.06. The van der Waals surface area contributed by atoms with Gasteiger partial charge in [-0.1, -0.05) is 38.4 Å². The zero-order chi connectivity index (χ0) is 18.3. The van der Waals surface area contributed by atoms with E-state index in [0.29, 0.717) is 0 Å². The van der Waals surface area contributed by atoms with Crippen molar-refractivity contribution in [1.29, 1.82) is 0 Å². The van der Waals surface area contributed by atoms with Gasteiger partial charge in [-0.15, -0.1) is 0 Å². The van der Waals surface area contributed by atoms with Gasteiger partial charge in [0.15, 0.2) is 0 Å². The number of nitrogens with zero attached hydrogens (tertiary/aromatic N) is 1. The molecule has 1 aliphatic rings. The van der Waals surface area contributed by atoms with E-state index in [2.05, 4.69) is 44.3 Å². The predicted octanol–water partition coefficient (Wildman–Crippen LogP) is 6.81. The van der Waals surface area contributed by atoms with Crippen molar-refractivity contribution in [1.82, 2.24) is 4.98 Å². The molecule has 0 amide bonds. The van der Waals surface area contributed by atoms with Gasteiger partial charge in [0, 0.05) is 21.8 Å². The molecule has 134 valence electrons. The van der Waals surface area contributed by atoms with Crippen LogP contribution in [-0.4, -0.2) is 4.98 Å². The first kappa shape index (κ1) is 17.4. The average molecular weight is 365 g/mol. The smallest absolute Gasteiger partial charge is 0.0726 e. The van der Waals surface area contributed by atoms with Gasteiger partial charge in [0.25, 0.3) is 0 Å². The number of pyridine rings is 1. The van der Waals surface area contributed by atoms with Gasteiger partial charge in [0.05, 0.1) is 11.2 Å². The lowest BCUT2D eigenvalue weighted by molar-refractivity contribution is 0.591. The summed E-state index contributed by atoms with van der Waals surface area (Å²) in [5.74, 6) is 0. The van der Waals surface area contributed by atoms with Gasteiger partial charge < -0.3 is 5.32 Å². The zero-order valence-electron chi connectivity index (χ0n) is 15.7. The molecule has 2 nitrogen and oxygen atoms in total. The van der Waals surface area contributed by atoms with E-state index in [1.807, 2.05) is 24.3 Å². The number of anilines is 2. The summed E-state index contributed by atoms with van der Waals surface area (Å²) < 4.78 is 0. The fourth-order valence-corrected chi connectivity index (χ4v) is 3.84. The summed E-state index contributed by atoms with van der Waals surface area (Å²) in [4.78, 5) is 4.99. The number of halogens is 1. The minimum absolute atomic E-state index is 0.113. The van der Waals surface area contributed by atoms with E-state index in [9.17, 15) is 0 Å². The van der Waals surface area contributed by atoms with Crippen molar-refractivity contribution < 1.29 is 0 Å². The normalized spacial score (nSPS) is 14.3. The molecule has 26 heavy (non-hydrogen) atoms. The molecule has 1 heterocycles. The van der Waals surface area contributed by atoms with Gasteiger partial charge in [-0.2, -0.15) is 0 Å². The number of fused-ring (bicyclic) bond motifs is 2. The Labute approximate surface area is 160 Å². The molecule has 0 radical (unpaired) electrons. The summed E-state index contributed by atoms with van der Waals surface area (Å²) in [5, 5.41) is 5.65. The van der Waals surface area contributed by atoms with Gasteiger partial charge in [0.1, 0.15) is 0 Å². The maximum absolute atomic E-state index is 6.06. The second-order valence-corrected chi connectivity index (χ2v) is 8.67. The third-order valence-corrected chi connectivity index (χ3v) is 5.49. The highest BCUT2D eigenvalue weighted by atomic mass is 35.5. The first-order valence-electron chi connectivity index (χ1n) is 9.40. The third-order valence-electron chi connectivity index (χ3n) is 5.24. The molecular formula is C23H25ClN2. The van der Waals surface area contributed by atoms with E-state index in [4.69, 9.17) is 16.6 Å². The van der Waals surface area contributed by atoms with Crippen molar-refractivity contribution in [2.45, 2.75) is 51.9 Å². The summed E-state index contributed by atoms with van der Waals surface area (Å²) in [7, 11) is 0. The number of hydrogen-bond acceptors (Lipinski definition) is 2. The lowest BCUT2D eigenvalue weighted by Gasteiger charge is -2.24. The van der Waals surface area contributed by atoms with Crippen LogP contribution in [0, 0.1) is 0 Å². The molecule has 1 aliphatic carbocycles. The number of hydrogen-bond donors (Lipinski definition) is 1.